The molecule has 0 amide bonds. The SMILES string of the molecule is CN1OC2=COC3CCCCC3C2NS1. The van der Waals surface area contributed by atoms with E-state index in [0.29, 0.717) is 18.1 Å². The predicted octanol–water partition coefficient (Wildman–Crippen LogP) is 1.82. The Bertz CT molecular complexity index is 285. The fraction of sp³-hybridized carbons (Fsp3) is 0.800. The lowest BCUT2D eigenvalue weighted by atomic mass is 9.80. The molecule has 0 aromatic carbocycles. The lowest BCUT2D eigenvalue weighted by Crippen LogP contribution is -2.50. The standard InChI is InChI=1S/C10H16N2O2S/c1-12-14-9-6-13-8-5-3-2-4-7(8)10(9)11-15-12/h6-8,10-11H,2-5H2,1H3. The topological polar surface area (TPSA) is 33.7 Å². The van der Waals surface area contributed by atoms with E-state index in [4.69, 9.17) is 9.57 Å². The summed E-state index contributed by atoms with van der Waals surface area (Å²) in [5.41, 5.74) is 0. The molecule has 0 aromatic rings. The van der Waals surface area contributed by atoms with E-state index >= 15 is 0 Å². The summed E-state index contributed by atoms with van der Waals surface area (Å²) >= 11 is 1.52. The minimum Gasteiger partial charge on any atom is -0.494 e. The number of nitrogens with zero attached hydrogens (tertiary/aromatic N) is 1. The summed E-state index contributed by atoms with van der Waals surface area (Å²) < 4.78 is 10.9. The third kappa shape index (κ3) is 1.73. The number of rotatable bonds is 0. The maximum absolute atomic E-state index is 5.74. The van der Waals surface area contributed by atoms with E-state index < -0.39 is 0 Å². The second kappa shape index (κ2) is 3.88. The molecular weight excluding hydrogens is 212 g/mol. The minimum atomic E-state index is 0.338. The molecule has 15 heavy (non-hydrogen) atoms. The van der Waals surface area contributed by atoms with Gasteiger partial charge in [-0.05, 0) is 19.3 Å². The largest absolute Gasteiger partial charge is 0.494 e. The highest BCUT2D eigenvalue weighted by atomic mass is 32.2. The highest BCUT2D eigenvalue weighted by molar-refractivity contribution is 7.95. The molecular formula is C10H16N2O2S. The summed E-state index contributed by atoms with van der Waals surface area (Å²) in [7, 11) is 1.89. The molecule has 1 N–H and O–H groups in total. The van der Waals surface area contributed by atoms with Crippen molar-refractivity contribution >= 4 is 12.1 Å². The van der Waals surface area contributed by atoms with Gasteiger partial charge in [-0.1, -0.05) is 10.9 Å². The van der Waals surface area contributed by atoms with Crippen LogP contribution >= 0.6 is 12.1 Å². The van der Waals surface area contributed by atoms with Crippen molar-refractivity contribution in [3.8, 4) is 0 Å². The average molecular weight is 228 g/mol. The van der Waals surface area contributed by atoms with Gasteiger partial charge in [-0.2, -0.15) is 0 Å². The molecule has 3 aliphatic rings. The molecule has 3 unspecified atom stereocenters. The van der Waals surface area contributed by atoms with E-state index in [1.54, 1.807) is 10.7 Å². The van der Waals surface area contributed by atoms with Crippen molar-refractivity contribution in [1.82, 2.24) is 9.19 Å². The molecule has 0 aromatic heterocycles. The van der Waals surface area contributed by atoms with Crippen LogP contribution in [0.25, 0.3) is 0 Å². The van der Waals surface area contributed by atoms with Gasteiger partial charge in [-0.15, -0.1) is 0 Å². The van der Waals surface area contributed by atoms with Crippen molar-refractivity contribution in [2.75, 3.05) is 7.05 Å². The first kappa shape index (κ1) is 9.81. The second-order valence-electron chi connectivity index (χ2n) is 4.36. The van der Waals surface area contributed by atoms with E-state index in [-0.39, 0.29) is 0 Å². The molecule has 2 aliphatic heterocycles. The van der Waals surface area contributed by atoms with E-state index in [0.717, 1.165) is 5.76 Å². The van der Waals surface area contributed by atoms with Gasteiger partial charge in [0.05, 0.1) is 6.04 Å². The van der Waals surface area contributed by atoms with Crippen molar-refractivity contribution in [2.24, 2.45) is 5.92 Å². The summed E-state index contributed by atoms with van der Waals surface area (Å²) in [6.07, 6.45) is 7.23. The second-order valence-corrected chi connectivity index (χ2v) is 5.29. The van der Waals surface area contributed by atoms with Gasteiger partial charge in [0, 0.05) is 25.1 Å². The summed E-state index contributed by atoms with van der Waals surface area (Å²) in [5, 5.41) is 0. The van der Waals surface area contributed by atoms with Crippen LogP contribution in [0.2, 0.25) is 0 Å². The first-order chi connectivity index (χ1) is 7.34. The first-order valence-corrected chi connectivity index (χ1v) is 6.31. The molecule has 1 aliphatic carbocycles. The zero-order valence-electron chi connectivity index (χ0n) is 8.81. The maximum atomic E-state index is 5.74. The Morgan fingerprint density at radius 3 is 3.27 bits per heavy atom. The van der Waals surface area contributed by atoms with Gasteiger partial charge >= 0.3 is 0 Å². The van der Waals surface area contributed by atoms with Crippen LogP contribution in [0.4, 0.5) is 0 Å². The van der Waals surface area contributed by atoms with E-state index in [1.807, 2.05) is 7.05 Å². The zero-order chi connectivity index (χ0) is 10.3. The van der Waals surface area contributed by atoms with E-state index in [2.05, 4.69) is 4.72 Å². The Kier molecular flexibility index (Phi) is 2.54. The van der Waals surface area contributed by atoms with Crippen molar-refractivity contribution in [2.45, 2.75) is 37.8 Å². The Morgan fingerprint density at radius 2 is 2.33 bits per heavy atom. The fourth-order valence-electron chi connectivity index (χ4n) is 2.64. The van der Waals surface area contributed by atoms with Crippen LogP contribution < -0.4 is 4.72 Å². The van der Waals surface area contributed by atoms with Crippen molar-refractivity contribution in [3.05, 3.63) is 12.0 Å². The quantitative estimate of drug-likeness (QED) is 0.640. The number of hydrogen-bond donors (Lipinski definition) is 1. The molecule has 3 rings (SSSR count). The predicted molar refractivity (Wildman–Crippen MR) is 58.3 cm³/mol. The molecule has 5 heteroatoms. The average Bonchev–Trinajstić information content (AvgIpc) is 2.28. The highest BCUT2D eigenvalue weighted by Gasteiger charge is 2.41. The Hall–Kier alpha value is -0.390. The molecule has 0 radical (unpaired) electrons. The van der Waals surface area contributed by atoms with E-state index in [1.165, 1.54) is 37.8 Å². The smallest absolute Gasteiger partial charge is 0.178 e. The Labute approximate surface area is 94.2 Å². The van der Waals surface area contributed by atoms with Crippen LogP contribution in [0.5, 0.6) is 0 Å². The molecule has 2 heterocycles. The van der Waals surface area contributed by atoms with Gasteiger partial charge in [0.15, 0.2) is 5.76 Å². The van der Waals surface area contributed by atoms with Crippen molar-refractivity contribution in [3.63, 3.8) is 0 Å². The summed E-state index contributed by atoms with van der Waals surface area (Å²) in [6, 6.07) is 0.338. The number of hydroxylamine groups is 1. The van der Waals surface area contributed by atoms with Crippen LogP contribution in [0.3, 0.4) is 0 Å². The van der Waals surface area contributed by atoms with Gasteiger partial charge in [0.2, 0.25) is 0 Å². The van der Waals surface area contributed by atoms with E-state index in [9.17, 15) is 0 Å². The van der Waals surface area contributed by atoms with Crippen molar-refractivity contribution < 1.29 is 9.57 Å². The van der Waals surface area contributed by atoms with Gasteiger partial charge in [-0.3, -0.25) is 0 Å². The Balaban J connectivity index is 1.80. The molecule has 0 bridgehead atoms. The molecule has 3 atom stereocenters. The number of nitrogens with one attached hydrogen (secondary N) is 1. The summed E-state index contributed by atoms with van der Waals surface area (Å²) in [4.78, 5) is 5.61. The minimum absolute atomic E-state index is 0.338. The summed E-state index contributed by atoms with van der Waals surface area (Å²) in [6.45, 7) is 0. The third-order valence-electron chi connectivity index (χ3n) is 3.39. The monoisotopic (exact) mass is 228 g/mol. The first-order valence-electron chi connectivity index (χ1n) is 5.54. The number of hydrogen-bond acceptors (Lipinski definition) is 5. The highest BCUT2D eigenvalue weighted by Crippen LogP contribution is 2.38. The lowest BCUT2D eigenvalue weighted by Gasteiger charge is -2.43. The van der Waals surface area contributed by atoms with Gasteiger partial charge < -0.3 is 9.57 Å². The summed E-state index contributed by atoms with van der Waals surface area (Å²) in [5.74, 6) is 1.51. The van der Waals surface area contributed by atoms with Gasteiger partial charge in [0.1, 0.15) is 12.4 Å². The lowest BCUT2D eigenvalue weighted by molar-refractivity contribution is -0.0723. The maximum Gasteiger partial charge on any atom is 0.178 e. The number of ether oxygens (including phenoxy) is 1. The normalized spacial score (nSPS) is 40.6. The van der Waals surface area contributed by atoms with Crippen LogP contribution in [0.1, 0.15) is 25.7 Å². The molecule has 4 nitrogen and oxygen atoms in total. The molecule has 1 saturated carbocycles. The third-order valence-corrected chi connectivity index (χ3v) is 4.08. The molecule has 1 saturated heterocycles. The van der Waals surface area contributed by atoms with Crippen LogP contribution in [0.15, 0.2) is 12.0 Å². The molecule has 0 spiro atoms. The van der Waals surface area contributed by atoms with Crippen LogP contribution in [0, 0.1) is 5.92 Å². The Morgan fingerprint density at radius 1 is 1.47 bits per heavy atom. The molecule has 84 valence electrons. The molecule has 2 fully saturated rings. The number of fused-ring (bicyclic) bond motifs is 3. The fourth-order valence-corrected chi connectivity index (χ4v) is 3.31. The zero-order valence-corrected chi connectivity index (χ0v) is 9.63. The van der Waals surface area contributed by atoms with Crippen molar-refractivity contribution in [1.29, 1.82) is 0 Å². The van der Waals surface area contributed by atoms with Gasteiger partial charge in [0.25, 0.3) is 0 Å². The van der Waals surface area contributed by atoms with Crippen LogP contribution in [-0.2, 0) is 9.57 Å². The van der Waals surface area contributed by atoms with Gasteiger partial charge in [-0.25, -0.2) is 4.72 Å². The van der Waals surface area contributed by atoms with Crippen LogP contribution in [-0.4, -0.2) is 23.7 Å².